The Morgan fingerprint density at radius 2 is 1.13 bits per heavy atom. The number of aromatic hydroxyl groups is 1. The molecule has 33 heteroatoms. The number of phenols is 1. The molecule has 10 atom stereocenters. The zero-order valence-electron chi connectivity index (χ0n) is 56.7. The Morgan fingerprint density at radius 3 is 1.67 bits per heavy atom. The molecule has 2 aliphatic heterocycles. The number of carbonyl (C=O) groups is 12. The Morgan fingerprint density at radius 1 is 0.614 bits per heavy atom. The SMILES string of the molecule is CC(=O)C(NC(=O)C1CSSCC(CC(=O)C(Cc2ccccc2)NC(=O)CN2CCN(CC(=O)O)CCN(CC(=O)O)CCN(CC(=O)O)CC2)C(=O)N[C@@H](Cc2ccc(O)cc2)C(=O)NC(Cc2c[nH]c3ccccc23)C(=O)N[C@@H](CCCCN)C(=O)N[C@@H](C(C)O)C(=O)C1)[C@@H](C)O.[64Cu]. The summed E-state index contributed by atoms with van der Waals surface area (Å²) in [4.78, 5) is 177. The molecule has 0 saturated carbocycles. The first kappa shape index (κ1) is 83.8. The third kappa shape index (κ3) is 28.5. The van der Waals surface area contributed by atoms with E-state index in [-0.39, 0.29) is 138 Å². The van der Waals surface area contributed by atoms with Crippen molar-refractivity contribution >= 4 is 103 Å². The Hall–Kier alpha value is -7.82. The number of carbonyl (C=O) groups excluding carboxylic acids is 9. The molecule has 6 unspecified atom stereocenters. The van der Waals surface area contributed by atoms with Crippen LogP contribution in [0.5, 0.6) is 5.75 Å². The number of Topliss-reactive ketones (excluding diaryl/α,β-unsaturated/α-hetero) is 3. The Balaban J connectivity index is 0.0000184. The van der Waals surface area contributed by atoms with Crippen LogP contribution in [0.25, 0.3) is 10.9 Å². The number of H-pyrrole nitrogens is 1. The number of nitrogens with zero attached hydrogens (tertiary/aromatic N) is 4. The van der Waals surface area contributed by atoms with Crippen LogP contribution >= 0.6 is 21.6 Å². The number of aliphatic hydroxyl groups is 2. The van der Waals surface area contributed by atoms with Crippen LogP contribution in [0.2, 0.25) is 0 Å². The molecule has 2 fully saturated rings. The second-order valence-electron chi connectivity index (χ2n) is 25.4. The van der Waals surface area contributed by atoms with Crippen molar-refractivity contribution in [3.8, 4) is 5.75 Å². The number of nitrogens with one attached hydrogen (secondary N) is 7. The normalized spacial score (nSPS) is 21.8. The molecule has 6 rings (SSSR count). The average Bonchev–Trinajstić information content (AvgIpc) is 1.75. The van der Waals surface area contributed by atoms with Crippen molar-refractivity contribution in [2.75, 3.05) is 96.6 Å². The summed E-state index contributed by atoms with van der Waals surface area (Å²) in [6, 6.07) is 12.7. The zero-order chi connectivity index (χ0) is 73.0. The Bertz CT molecular complexity index is 3410. The van der Waals surface area contributed by atoms with Gasteiger partial charge in [-0.2, -0.15) is 0 Å². The van der Waals surface area contributed by atoms with Gasteiger partial charge in [-0.05, 0) is 87.9 Å². The van der Waals surface area contributed by atoms with Crippen molar-refractivity contribution < 1.29 is 105 Å². The van der Waals surface area contributed by atoms with Gasteiger partial charge in [-0.3, -0.25) is 77.1 Å². The number of hydrogen-bond donors (Lipinski definition) is 14. The van der Waals surface area contributed by atoms with Crippen LogP contribution in [0.4, 0.5) is 0 Å². The first-order chi connectivity index (χ1) is 47.7. The molecule has 6 amide bonds. The van der Waals surface area contributed by atoms with Crippen LogP contribution in [0, 0.1) is 11.8 Å². The summed E-state index contributed by atoms with van der Waals surface area (Å²) < 4.78 is 0. The summed E-state index contributed by atoms with van der Waals surface area (Å²) >= 11 is 0. The van der Waals surface area contributed by atoms with Crippen molar-refractivity contribution in [1.82, 2.24) is 56.5 Å². The summed E-state index contributed by atoms with van der Waals surface area (Å²) in [6.45, 7) is 3.12. The molecule has 1 aromatic heterocycles. The maximum Gasteiger partial charge on any atom is 0.317 e. The number of aromatic amines is 1. The quantitative estimate of drug-likeness (QED) is 0.0200. The smallest absolute Gasteiger partial charge is 0.317 e. The van der Waals surface area contributed by atoms with E-state index in [0.717, 1.165) is 28.5 Å². The minimum atomic E-state index is -1.67. The molecular weight excluding hydrogens is 1400 g/mol. The van der Waals surface area contributed by atoms with Gasteiger partial charge in [0.1, 0.15) is 36.0 Å². The molecule has 1 radical (unpaired) electrons. The van der Waals surface area contributed by atoms with Crippen molar-refractivity contribution in [2.45, 2.75) is 121 Å². The number of carboxylic acid groups (broad SMARTS) is 3. The number of fused-ring (bicyclic) bond motifs is 1. The second-order valence-corrected chi connectivity index (χ2v) is 27.9. The van der Waals surface area contributed by atoms with E-state index in [4.69, 9.17) is 5.73 Å². The molecule has 2 aliphatic rings. The van der Waals surface area contributed by atoms with E-state index in [1.54, 1.807) is 80.4 Å². The largest absolute Gasteiger partial charge is 0.508 e. The molecule has 3 aromatic carbocycles. The van der Waals surface area contributed by atoms with Gasteiger partial charge in [-0.25, -0.2) is 0 Å². The van der Waals surface area contributed by atoms with Crippen molar-refractivity contribution in [2.24, 2.45) is 17.6 Å². The molecule has 2 saturated heterocycles. The number of unbranched alkanes of at least 4 members (excludes halogenated alkanes) is 1. The van der Waals surface area contributed by atoms with Crippen molar-refractivity contribution in [3.63, 3.8) is 0 Å². The fourth-order valence-electron chi connectivity index (χ4n) is 11.8. The number of rotatable bonds is 27. The number of aromatic nitrogens is 1. The van der Waals surface area contributed by atoms with Gasteiger partial charge in [0.25, 0.3) is 0 Å². The fourth-order valence-corrected chi connectivity index (χ4v) is 14.4. The Kier molecular flexibility index (Phi) is 35.3. The predicted molar refractivity (Wildman–Crippen MR) is 372 cm³/mol. The first-order valence-electron chi connectivity index (χ1n) is 33.3. The van der Waals surface area contributed by atoms with Crippen LogP contribution < -0.4 is 37.6 Å². The van der Waals surface area contributed by atoms with Crippen LogP contribution in [0.15, 0.2) is 85.1 Å². The van der Waals surface area contributed by atoms with Gasteiger partial charge in [-0.15, -0.1) is 0 Å². The topological polar surface area (TPSA) is 453 Å². The monoisotopic (exact) mass is 1490 g/mol. The molecule has 30 nitrogen and oxygen atoms in total. The number of benzene rings is 3. The zero-order valence-corrected chi connectivity index (χ0v) is 59.3. The molecule has 4 aromatic rings. The Labute approximate surface area is 604 Å². The molecule has 0 aliphatic carbocycles. The molecule has 0 bridgehead atoms. The molecule has 15 N–H and O–H groups in total. The summed E-state index contributed by atoms with van der Waals surface area (Å²) in [5, 5.41) is 78.4. The van der Waals surface area contributed by atoms with E-state index < -0.39 is 157 Å². The van der Waals surface area contributed by atoms with Crippen molar-refractivity contribution in [3.05, 3.63) is 102 Å². The van der Waals surface area contributed by atoms with Crippen molar-refractivity contribution in [1.29, 1.82) is 0 Å². The molecular formula is C68H94CuN12O18S2. The summed E-state index contributed by atoms with van der Waals surface area (Å²) in [7, 11) is 1.98. The molecule has 3 heterocycles. The number of aliphatic carboxylic acids is 3. The number of ketones is 3. The molecule has 0 spiro atoms. The number of carboxylic acids is 3. The van der Waals surface area contributed by atoms with E-state index in [1.165, 1.54) is 38.1 Å². The van der Waals surface area contributed by atoms with Crippen LogP contribution in [-0.2, 0) is 93.9 Å². The molecule has 557 valence electrons. The van der Waals surface area contributed by atoms with E-state index >= 15 is 19.2 Å². The maximum atomic E-state index is 15.4. The number of amides is 6. The van der Waals surface area contributed by atoms with Crippen LogP contribution in [0.1, 0.15) is 69.6 Å². The van der Waals surface area contributed by atoms with Crippen LogP contribution in [-0.4, -0.2) is 271 Å². The number of para-hydroxylation sites is 1. The van der Waals surface area contributed by atoms with Gasteiger partial charge in [-0.1, -0.05) is 82.3 Å². The number of phenolic OH excluding ortho intramolecular Hbond substituents is 1. The molecule has 101 heavy (non-hydrogen) atoms. The summed E-state index contributed by atoms with van der Waals surface area (Å²) in [5.41, 5.74) is 8.15. The minimum Gasteiger partial charge on any atom is -0.508 e. The van der Waals surface area contributed by atoms with E-state index in [2.05, 4.69) is 36.9 Å². The number of nitrogens with two attached hydrogens (primary N) is 1. The predicted octanol–water partition coefficient (Wildman–Crippen LogP) is -0.692. The van der Waals surface area contributed by atoms with Gasteiger partial charge in [0, 0.05) is 124 Å². The third-order valence-electron chi connectivity index (χ3n) is 17.3. The minimum absolute atomic E-state index is 0. The van der Waals surface area contributed by atoms with E-state index in [9.17, 15) is 69.0 Å². The summed E-state index contributed by atoms with van der Waals surface area (Å²) in [5.74, 6) is -13.9. The average molecular weight is 1500 g/mol. The number of aliphatic hydroxyl groups excluding tert-OH is 2. The number of hydrogen-bond acceptors (Lipinski definition) is 22. The second kappa shape index (κ2) is 42.6. The van der Waals surface area contributed by atoms with Gasteiger partial charge in [0.2, 0.25) is 35.4 Å². The standard InChI is InChI=1S/C68H94N12O18S2.Cu/c1-41(81)62(42(2)82)75-65(95)48-33-57(86)63(43(3)83)76-66(96)52(15-9-10-20-69)72-68(98)55(31-46-34-70-51-14-8-7-13-50(46)51)74-67(97)54(30-45-16-18-49(84)19-17-45)73-64(94)47(39-99-100-40-48)32-56(85)53(29-44-11-5-4-6-12-44)71-58(87)35-77-21-23-78(36-59(88)89)25-27-80(38-61(92)93)28-26-79(24-22-77)37-60(90)91;/h4-8,11-14,16-19,34,41,43,47-48,52-55,62-63,70,81,83-84H,9-10,15,20-33,35-40,69H2,1-3H3,(H,71,87)(H,72,98)(H,73,94)(H,74,97)(H,75,95)(H,76,96)(H,88,89)(H,90,91)(H,92,93);/t41-,43?,47?,48?,52+,53?,54+,55?,62?,63+;/m1./s1/i;1+0. The van der Waals surface area contributed by atoms with Crippen LogP contribution in [0.3, 0.4) is 0 Å². The first-order valence-corrected chi connectivity index (χ1v) is 35.7. The maximum absolute atomic E-state index is 15.4. The third-order valence-corrected chi connectivity index (χ3v) is 19.9. The van der Waals surface area contributed by atoms with Gasteiger partial charge in [0.15, 0.2) is 17.3 Å². The van der Waals surface area contributed by atoms with Gasteiger partial charge >= 0.3 is 17.9 Å². The summed E-state index contributed by atoms with van der Waals surface area (Å²) in [6.07, 6.45) is -2.45. The fraction of sp³-hybridized carbons (Fsp3) is 0.529. The van der Waals surface area contributed by atoms with Gasteiger partial charge < -0.3 is 73.3 Å². The van der Waals surface area contributed by atoms with E-state index in [0.29, 0.717) is 34.0 Å². The van der Waals surface area contributed by atoms with E-state index in [1.807, 2.05) is 0 Å². The van der Waals surface area contributed by atoms with Gasteiger partial charge in [0.05, 0.1) is 56.3 Å².